The first-order valence-electron chi connectivity index (χ1n) is 5.89. The molecular formula is C14H24. The molecule has 0 aliphatic carbocycles. The fourth-order valence-corrected chi connectivity index (χ4v) is 1.43. The first-order valence-corrected chi connectivity index (χ1v) is 5.89. The van der Waals surface area contributed by atoms with E-state index in [-0.39, 0.29) is 0 Å². The Morgan fingerprint density at radius 3 is 2.43 bits per heavy atom. The molecule has 1 atom stereocenters. The summed E-state index contributed by atoms with van der Waals surface area (Å²) in [4.78, 5) is 0. The van der Waals surface area contributed by atoms with Crippen LogP contribution >= 0.6 is 0 Å². The minimum absolute atomic E-state index is 0.771. The van der Waals surface area contributed by atoms with Crippen molar-refractivity contribution in [2.75, 3.05) is 0 Å². The van der Waals surface area contributed by atoms with Crippen LogP contribution in [-0.4, -0.2) is 0 Å². The topological polar surface area (TPSA) is 0 Å². The third-order valence-corrected chi connectivity index (χ3v) is 2.51. The van der Waals surface area contributed by atoms with Crippen molar-refractivity contribution in [3.8, 4) is 11.8 Å². The summed E-state index contributed by atoms with van der Waals surface area (Å²) in [6.45, 7) is 9.94. The SMILES string of the molecule is [CH2]CCCCC#CCC(CC)CC[CH2]. The summed E-state index contributed by atoms with van der Waals surface area (Å²) in [6.07, 6.45) is 9.09. The lowest BCUT2D eigenvalue weighted by molar-refractivity contribution is 0.486. The average molecular weight is 192 g/mol. The third-order valence-electron chi connectivity index (χ3n) is 2.51. The summed E-state index contributed by atoms with van der Waals surface area (Å²) in [5, 5.41) is 0. The van der Waals surface area contributed by atoms with Crippen LogP contribution < -0.4 is 0 Å². The van der Waals surface area contributed by atoms with E-state index in [1.807, 2.05) is 0 Å². The van der Waals surface area contributed by atoms with Gasteiger partial charge >= 0.3 is 0 Å². The lowest BCUT2D eigenvalue weighted by Gasteiger charge is -2.08. The molecule has 0 fully saturated rings. The molecule has 0 spiro atoms. The first-order chi connectivity index (χ1) is 6.85. The molecule has 2 radical (unpaired) electrons. The Labute approximate surface area is 90.5 Å². The predicted octanol–water partition coefficient (Wildman–Crippen LogP) is 4.41. The fraction of sp³-hybridized carbons (Fsp3) is 0.714. The van der Waals surface area contributed by atoms with Gasteiger partial charge in [-0.15, -0.1) is 11.8 Å². The van der Waals surface area contributed by atoms with E-state index in [2.05, 4.69) is 32.6 Å². The van der Waals surface area contributed by atoms with Crippen molar-refractivity contribution < 1.29 is 0 Å². The summed E-state index contributed by atoms with van der Waals surface area (Å²) in [6, 6.07) is 0. The van der Waals surface area contributed by atoms with E-state index in [4.69, 9.17) is 0 Å². The molecule has 0 aliphatic rings. The van der Waals surface area contributed by atoms with Crippen molar-refractivity contribution >= 4 is 0 Å². The molecule has 0 aliphatic heterocycles. The largest absolute Gasteiger partial charge is 0.103 e. The van der Waals surface area contributed by atoms with Crippen LogP contribution in [0.1, 0.15) is 58.3 Å². The maximum Gasteiger partial charge on any atom is 0.0117 e. The molecule has 14 heavy (non-hydrogen) atoms. The first kappa shape index (κ1) is 13.6. The highest BCUT2D eigenvalue weighted by Crippen LogP contribution is 2.13. The molecular weight excluding hydrogens is 168 g/mol. The highest BCUT2D eigenvalue weighted by atomic mass is 14.1. The molecule has 0 N–H and O–H groups in total. The Kier molecular flexibility index (Phi) is 10.3. The second kappa shape index (κ2) is 10.6. The van der Waals surface area contributed by atoms with Gasteiger partial charge in [0.25, 0.3) is 0 Å². The molecule has 0 rings (SSSR count). The van der Waals surface area contributed by atoms with Crippen molar-refractivity contribution in [1.29, 1.82) is 0 Å². The molecule has 0 saturated carbocycles. The van der Waals surface area contributed by atoms with Crippen LogP contribution in [0.3, 0.4) is 0 Å². The van der Waals surface area contributed by atoms with Crippen LogP contribution in [-0.2, 0) is 0 Å². The highest BCUT2D eigenvalue weighted by Gasteiger charge is 2.01. The standard InChI is InChI=1S/C14H24/c1-4-7-8-9-10-11-13-14(6-3)12-5-2/h14H,1-2,4-9,12-13H2,3H3. The van der Waals surface area contributed by atoms with Gasteiger partial charge in [-0.3, -0.25) is 0 Å². The van der Waals surface area contributed by atoms with E-state index < -0.39 is 0 Å². The van der Waals surface area contributed by atoms with Gasteiger partial charge in [-0.1, -0.05) is 46.5 Å². The summed E-state index contributed by atoms with van der Waals surface area (Å²) in [5.41, 5.74) is 0. The van der Waals surface area contributed by atoms with Crippen molar-refractivity contribution in [2.45, 2.75) is 58.3 Å². The molecule has 0 heterocycles. The summed E-state index contributed by atoms with van der Waals surface area (Å²) >= 11 is 0. The summed E-state index contributed by atoms with van der Waals surface area (Å²) < 4.78 is 0. The van der Waals surface area contributed by atoms with Gasteiger partial charge in [-0.05, 0) is 18.8 Å². The van der Waals surface area contributed by atoms with Gasteiger partial charge in [0.1, 0.15) is 0 Å². The fourth-order valence-electron chi connectivity index (χ4n) is 1.43. The van der Waals surface area contributed by atoms with E-state index in [1.165, 1.54) is 25.7 Å². The van der Waals surface area contributed by atoms with E-state index in [0.29, 0.717) is 0 Å². The van der Waals surface area contributed by atoms with Crippen molar-refractivity contribution in [3.05, 3.63) is 13.8 Å². The number of hydrogen-bond acceptors (Lipinski definition) is 0. The van der Waals surface area contributed by atoms with Crippen molar-refractivity contribution in [1.82, 2.24) is 0 Å². The summed E-state index contributed by atoms with van der Waals surface area (Å²) in [7, 11) is 0. The number of hydrogen-bond donors (Lipinski definition) is 0. The Morgan fingerprint density at radius 1 is 1.07 bits per heavy atom. The van der Waals surface area contributed by atoms with Gasteiger partial charge < -0.3 is 0 Å². The maximum atomic E-state index is 3.89. The number of rotatable bonds is 7. The van der Waals surface area contributed by atoms with Crippen LogP contribution in [0.5, 0.6) is 0 Å². The van der Waals surface area contributed by atoms with E-state index in [9.17, 15) is 0 Å². The molecule has 0 aromatic rings. The molecule has 0 aromatic heterocycles. The van der Waals surface area contributed by atoms with Crippen LogP contribution in [0.15, 0.2) is 0 Å². The molecule has 0 heteroatoms. The molecule has 0 saturated heterocycles. The zero-order chi connectivity index (χ0) is 10.6. The van der Waals surface area contributed by atoms with Gasteiger partial charge in [0, 0.05) is 12.8 Å². The second-order valence-electron chi connectivity index (χ2n) is 3.78. The van der Waals surface area contributed by atoms with Crippen LogP contribution in [0.25, 0.3) is 0 Å². The predicted molar refractivity (Wildman–Crippen MR) is 64.6 cm³/mol. The zero-order valence-corrected chi connectivity index (χ0v) is 9.65. The van der Waals surface area contributed by atoms with Gasteiger partial charge in [-0.25, -0.2) is 0 Å². The number of unbranched alkanes of at least 4 members (excludes halogenated alkanes) is 3. The van der Waals surface area contributed by atoms with Gasteiger partial charge in [0.2, 0.25) is 0 Å². The van der Waals surface area contributed by atoms with Gasteiger partial charge in [0.05, 0.1) is 0 Å². The molecule has 0 bridgehead atoms. The molecule has 1 unspecified atom stereocenters. The summed E-state index contributed by atoms with van der Waals surface area (Å²) in [5.74, 6) is 7.30. The lowest BCUT2D eigenvalue weighted by atomic mass is 9.97. The van der Waals surface area contributed by atoms with Gasteiger partial charge in [0.15, 0.2) is 0 Å². The zero-order valence-electron chi connectivity index (χ0n) is 9.65. The monoisotopic (exact) mass is 192 g/mol. The maximum absolute atomic E-state index is 3.89. The Balaban J connectivity index is 3.45. The smallest absolute Gasteiger partial charge is 0.0117 e. The Hall–Kier alpha value is -0.440. The second-order valence-corrected chi connectivity index (χ2v) is 3.78. The van der Waals surface area contributed by atoms with Gasteiger partial charge in [-0.2, -0.15) is 0 Å². The van der Waals surface area contributed by atoms with E-state index in [1.54, 1.807) is 0 Å². The van der Waals surface area contributed by atoms with Crippen LogP contribution in [0, 0.1) is 31.6 Å². The highest BCUT2D eigenvalue weighted by molar-refractivity contribution is 4.99. The van der Waals surface area contributed by atoms with Crippen LogP contribution in [0.2, 0.25) is 0 Å². The van der Waals surface area contributed by atoms with E-state index >= 15 is 0 Å². The van der Waals surface area contributed by atoms with Crippen molar-refractivity contribution in [3.63, 3.8) is 0 Å². The Bertz CT molecular complexity index is 159. The lowest BCUT2D eigenvalue weighted by Crippen LogP contribution is -1.95. The molecule has 0 aromatic carbocycles. The minimum Gasteiger partial charge on any atom is -0.103 e. The minimum atomic E-state index is 0.771. The Morgan fingerprint density at radius 2 is 1.86 bits per heavy atom. The van der Waals surface area contributed by atoms with Crippen LogP contribution in [0.4, 0.5) is 0 Å². The average Bonchev–Trinajstić information content (AvgIpc) is 2.21. The van der Waals surface area contributed by atoms with Crippen molar-refractivity contribution in [2.24, 2.45) is 5.92 Å². The molecule has 80 valence electrons. The normalized spacial score (nSPS) is 11.9. The molecule has 0 amide bonds. The quantitative estimate of drug-likeness (QED) is 0.414. The van der Waals surface area contributed by atoms with E-state index in [0.717, 1.165) is 31.6 Å². The third kappa shape index (κ3) is 8.17. The molecule has 0 nitrogen and oxygen atoms in total.